The summed E-state index contributed by atoms with van der Waals surface area (Å²) in [5.41, 5.74) is 4.67. The molecule has 0 bridgehead atoms. The lowest BCUT2D eigenvalue weighted by atomic mass is 10.1. The van der Waals surface area contributed by atoms with Crippen LogP contribution in [0.25, 0.3) is 0 Å². The van der Waals surface area contributed by atoms with Crippen molar-refractivity contribution in [1.82, 2.24) is 5.43 Å². The Hall–Kier alpha value is -2.57. The van der Waals surface area contributed by atoms with Crippen LogP contribution in [-0.4, -0.2) is 23.6 Å². The molecule has 6 nitrogen and oxygen atoms in total. The highest BCUT2D eigenvalue weighted by Crippen LogP contribution is 2.30. The fraction of sp³-hybridized carbons (Fsp3) is 0.286. The number of nitrogens with one attached hydrogen (secondary N) is 2. The Bertz CT molecular complexity index is 941. The summed E-state index contributed by atoms with van der Waals surface area (Å²) in [5.74, 6) is 0.164. The van der Waals surface area contributed by atoms with E-state index in [1.807, 2.05) is 24.3 Å². The van der Waals surface area contributed by atoms with Crippen LogP contribution in [-0.2, 0) is 9.59 Å². The lowest BCUT2D eigenvalue weighted by Crippen LogP contribution is -2.34. The maximum absolute atomic E-state index is 12.2. The third-order valence-corrected chi connectivity index (χ3v) is 4.95. The molecular weight excluding hydrogens is 413 g/mol. The van der Waals surface area contributed by atoms with E-state index >= 15 is 0 Å². The molecule has 0 aliphatic heterocycles. The zero-order valence-corrected chi connectivity index (χ0v) is 17.6. The zero-order valence-electron chi connectivity index (χ0n) is 16.0. The van der Waals surface area contributed by atoms with Crippen molar-refractivity contribution in [3.05, 3.63) is 58.1 Å². The monoisotopic (exact) mass is 433 g/mol. The Morgan fingerprint density at radius 3 is 2.45 bits per heavy atom. The molecule has 1 fully saturated rings. The van der Waals surface area contributed by atoms with Crippen LogP contribution in [0, 0.1) is 5.92 Å². The first-order valence-corrected chi connectivity index (χ1v) is 9.96. The van der Waals surface area contributed by atoms with E-state index < -0.39 is 12.0 Å². The van der Waals surface area contributed by atoms with E-state index in [0.717, 1.165) is 24.1 Å². The number of carbonyl (C=O) groups excluding carboxylic acids is 2. The van der Waals surface area contributed by atoms with Gasteiger partial charge in [-0.2, -0.15) is 5.10 Å². The van der Waals surface area contributed by atoms with E-state index in [2.05, 4.69) is 15.8 Å². The molecule has 0 radical (unpaired) electrons. The summed E-state index contributed by atoms with van der Waals surface area (Å²) in [6.45, 7) is 3.38. The fourth-order valence-corrected chi connectivity index (χ4v) is 2.95. The molecule has 3 rings (SSSR count). The molecule has 152 valence electrons. The molecule has 0 heterocycles. The molecule has 0 aromatic heterocycles. The van der Waals surface area contributed by atoms with Crippen LogP contribution in [0.2, 0.25) is 10.0 Å². The molecule has 29 heavy (non-hydrogen) atoms. The largest absolute Gasteiger partial charge is 0.479 e. The van der Waals surface area contributed by atoms with Crippen LogP contribution in [0.3, 0.4) is 0 Å². The third-order valence-electron chi connectivity index (χ3n) is 4.42. The number of benzene rings is 2. The highest BCUT2D eigenvalue weighted by atomic mass is 35.5. The van der Waals surface area contributed by atoms with Gasteiger partial charge in [-0.3, -0.25) is 9.59 Å². The Morgan fingerprint density at radius 1 is 1.14 bits per heavy atom. The normalized spacial score (nSPS) is 14.8. The highest BCUT2D eigenvalue weighted by Gasteiger charge is 2.29. The smallest absolute Gasteiger partial charge is 0.280 e. The molecule has 2 amide bonds. The molecule has 0 saturated heterocycles. The van der Waals surface area contributed by atoms with E-state index in [4.69, 9.17) is 27.9 Å². The van der Waals surface area contributed by atoms with Gasteiger partial charge in [-0.25, -0.2) is 5.43 Å². The van der Waals surface area contributed by atoms with Crippen LogP contribution in [0.15, 0.2) is 47.6 Å². The first-order valence-electron chi connectivity index (χ1n) is 9.20. The molecule has 1 saturated carbocycles. The first kappa shape index (κ1) is 21.1. The minimum absolute atomic E-state index is 0.0604. The summed E-state index contributed by atoms with van der Waals surface area (Å²) in [5, 5.41) is 7.81. The molecule has 2 aromatic rings. The van der Waals surface area contributed by atoms with E-state index in [1.54, 1.807) is 32.0 Å². The van der Waals surface area contributed by atoms with Gasteiger partial charge in [-0.05, 0) is 62.6 Å². The summed E-state index contributed by atoms with van der Waals surface area (Å²) in [7, 11) is 0. The summed E-state index contributed by atoms with van der Waals surface area (Å²) in [6, 6.07) is 12.1. The van der Waals surface area contributed by atoms with E-state index in [1.165, 1.54) is 0 Å². The van der Waals surface area contributed by atoms with Crippen molar-refractivity contribution >= 4 is 46.4 Å². The number of rotatable bonds is 7. The number of amides is 2. The van der Waals surface area contributed by atoms with Gasteiger partial charge in [0, 0.05) is 16.6 Å². The standard InChI is InChI=1S/C21H21Cl2N3O3/c1-12(14-5-8-17(9-6-14)24-21(28)15-3-4-15)25-26-20(27)13(2)29-19-10-7-16(22)11-18(19)23/h5-11,13,15H,3-4H2,1-2H3,(H,24,28)(H,26,27)/b25-12-. The van der Waals surface area contributed by atoms with Gasteiger partial charge in [0.15, 0.2) is 6.10 Å². The Balaban J connectivity index is 1.55. The molecule has 1 aliphatic carbocycles. The Labute approximate surface area is 179 Å². The Kier molecular flexibility index (Phi) is 6.77. The second kappa shape index (κ2) is 9.29. The van der Waals surface area contributed by atoms with E-state index in [0.29, 0.717) is 21.5 Å². The van der Waals surface area contributed by atoms with Crippen LogP contribution < -0.4 is 15.5 Å². The summed E-state index contributed by atoms with van der Waals surface area (Å²) in [6.07, 6.45) is 1.12. The van der Waals surface area contributed by atoms with Crippen LogP contribution >= 0.6 is 23.2 Å². The zero-order chi connectivity index (χ0) is 21.0. The average Bonchev–Trinajstić information content (AvgIpc) is 3.54. The number of hydrazone groups is 1. The fourth-order valence-electron chi connectivity index (χ4n) is 2.49. The van der Waals surface area contributed by atoms with Gasteiger partial charge in [0.2, 0.25) is 5.91 Å². The van der Waals surface area contributed by atoms with Crippen molar-refractivity contribution in [2.75, 3.05) is 5.32 Å². The maximum Gasteiger partial charge on any atom is 0.280 e. The quantitative estimate of drug-likeness (QED) is 0.492. The number of ether oxygens (including phenoxy) is 1. The molecular formula is C21H21Cl2N3O3. The van der Waals surface area contributed by atoms with Gasteiger partial charge >= 0.3 is 0 Å². The topological polar surface area (TPSA) is 79.8 Å². The molecule has 1 unspecified atom stereocenters. The van der Waals surface area contributed by atoms with E-state index in [-0.39, 0.29) is 11.8 Å². The van der Waals surface area contributed by atoms with Gasteiger partial charge in [-0.15, -0.1) is 0 Å². The summed E-state index contributed by atoms with van der Waals surface area (Å²) in [4.78, 5) is 24.0. The number of nitrogens with zero attached hydrogens (tertiary/aromatic N) is 1. The average molecular weight is 434 g/mol. The first-order chi connectivity index (χ1) is 13.8. The SMILES string of the molecule is C/C(=N/NC(=O)C(C)Oc1ccc(Cl)cc1Cl)c1ccc(NC(=O)C2CC2)cc1. The van der Waals surface area contributed by atoms with Crippen molar-refractivity contribution in [3.63, 3.8) is 0 Å². The maximum atomic E-state index is 12.2. The van der Waals surface area contributed by atoms with Crippen LogP contribution in [0.1, 0.15) is 32.3 Å². The lowest BCUT2D eigenvalue weighted by Gasteiger charge is -2.14. The third kappa shape index (κ3) is 5.95. The van der Waals surface area contributed by atoms with Gasteiger partial charge < -0.3 is 10.1 Å². The second-order valence-electron chi connectivity index (χ2n) is 6.85. The van der Waals surface area contributed by atoms with E-state index in [9.17, 15) is 9.59 Å². The van der Waals surface area contributed by atoms with Crippen molar-refractivity contribution in [1.29, 1.82) is 0 Å². The molecule has 8 heteroatoms. The van der Waals surface area contributed by atoms with Crippen LogP contribution in [0.4, 0.5) is 5.69 Å². The van der Waals surface area contributed by atoms with Gasteiger partial charge in [0.05, 0.1) is 10.7 Å². The van der Waals surface area contributed by atoms with Crippen molar-refractivity contribution < 1.29 is 14.3 Å². The van der Waals surface area contributed by atoms with Gasteiger partial charge in [0.1, 0.15) is 5.75 Å². The second-order valence-corrected chi connectivity index (χ2v) is 7.69. The predicted molar refractivity (Wildman–Crippen MR) is 115 cm³/mol. The minimum atomic E-state index is -0.801. The molecule has 2 N–H and O–H groups in total. The highest BCUT2D eigenvalue weighted by molar-refractivity contribution is 6.35. The van der Waals surface area contributed by atoms with Crippen LogP contribution in [0.5, 0.6) is 5.75 Å². The van der Waals surface area contributed by atoms with Crippen molar-refractivity contribution in [3.8, 4) is 5.75 Å². The van der Waals surface area contributed by atoms with Gasteiger partial charge in [0.25, 0.3) is 5.91 Å². The molecule has 2 aromatic carbocycles. The number of hydrogen-bond donors (Lipinski definition) is 2. The Morgan fingerprint density at radius 2 is 1.83 bits per heavy atom. The predicted octanol–water partition coefficient (Wildman–Crippen LogP) is 4.65. The van der Waals surface area contributed by atoms with Crippen molar-refractivity contribution in [2.45, 2.75) is 32.8 Å². The summed E-state index contributed by atoms with van der Waals surface area (Å²) < 4.78 is 5.56. The number of carbonyl (C=O) groups is 2. The number of hydrogen-bond acceptors (Lipinski definition) is 4. The summed E-state index contributed by atoms with van der Waals surface area (Å²) >= 11 is 11.9. The lowest BCUT2D eigenvalue weighted by molar-refractivity contribution is -0.127. The number of halogens is 2. The number of anilines is 1. The molecule has 1 aliphatic rings. The van der Waals surface area contributed by atoms with Gasteiger partial charge in [-0.1, -0.05) is 35.3 Å². The van der Waals surface area contributed by atoms with Crippen molar-refractivity contribution in [2.24, 2.45) is 11.0 Å². The minimum Gasteiger partial charge on any atom is -0.479 e. The molecule has 1 atom stereocenters. The molecule has 0 spiro atoms.